The molecule has 3 rings (SSSR count). The number of aromatic nitrogens is 2. The molecule has 0 radical (unpaired) electrons. The fourth-order valence-corrected chi connectivity index (χ4v) is 3.59. The van der Waals surface area contributed by atoms with Crippen molar-refractivity contribution in [3.63, 3.8) is 0 Å². The van der Waals surface area contributed by atoms with Gasteiger partial charge in [-0.25, -0.2) is 4.98 Å². The van der Waals surface area contributed by atoms with Gasteiger partial charge < -0.3 is 16.4 Å². The Bertz CT molecular complexity index is 544. The predicted octanol–water partition coefficient (Wildman–Crippen LogP) is 2.31. The first-order valence-corrected chi connectivity index (χ1v) is 8.46. The maximum atomic E-state index is 12.7. The van der Waals surface area contributed by atoms with Crippen molar-refractivity contribution in [2.45, 2.75) is 56.3 Å². The molecule has 0 spiro atoms. The van der Waals surface area contributed by atoms with Crippen LogP contribution in [0.2, 0.25) is 0 Å². The molecule has 2 fully saturated rings. The second-order valence-corrected chi connectivity index (χ2v) is 7.06. The Kier molecular flexibility index (Phi) is 4.70. The van der Waals surface area contributed by atoms with Crippen LogP contribution in [0.5, 0.6) is 0 Å². The third-order valence-electron chi connectivity index (χ3n) is 5.35. The van der Waals surface area contributed by atoms with Crippen LogP contribution in [0, 0.1) is 5.92 Å². The molecule has 1 saturated heterocycles. The van der Waals surface area contributed by atoms with Gasteiger partial charge in [0.05, 0.1) is 29.5 Å². The number of hydrogen-bond acceptors (Lipinski definition) is 5. The molecule has 0 amide bonds. The van der Waals surface area contributed by atoms with Crippen molar-refractivity contribution < 1.29 is 13.2 Å². The smallest absolute Gasteiger partial charge is 0.355 e. The van der Waals surface area contributed by atoms with Gasteiger partial charge in [0.15, 0.2) is 0 Å². The number of hydrogen-bond donors (Lipinski definition) is 2. The Labute approximate surface area is 139 Å². The summed E-state index contributed by atoms with van der Waals surface area (Å²) in [4.78, 5) is 10.7. The highest BCUT2D eigenvalue weighted by atomic mass is 19.4. The van der Waals surface area contributed by atoms with E-state index in [2.05, 4.69) is 9.97 Å². The molecule has 0 atom stereocenters. The molecule has 5 nitrogen and oxygen atoms in total. The van der Waals surface area contributed by atoms with E-state index in [1.165, 1.54) is 0 Å². The van der Waals surface area contributed by atoms with Crippen molar-refractivity contribution in [2.75, 3.05) is 18.0 Å². The van der Waals surface area contributed by atoms with Crippen molar-refractivity contribution >= 4 is 5.82 Å². The van der Waals surface area contributed by atoms with Gasteiger partial charge in [0.2, 0.25) is 0 Å². The van der Waals surface area contributed by atoms with Gasteiger partial charge >= 0.3 is 6.18 Å². The van der Waals surface area contributed by atoms with E-state index in [9.17, 15) is 13.2 Å². The third-order valence-corrected chi connectivity index (χ3v) is 5.35. The first-order chi connectivity index (χ1) is 11.3. The molecular formula is C16H24F3N5. The van der Waals surface area contributed by atoms with Crippen LogP contribution in [-0.4, -0.2) is 35.3 Å². The van der Waals surface area contributed by atoms with Crippen LogP contribution in [0.3, 0.4) is 0 Å². The summed E-state index contributed by atoms with van der Waals surface area (Å²) in [5, 5.41) is 0. The SMILES string of the molecule is NC1CCC(N)(c2cnc(N3CCC(C(F)(F)F)CC3)cn2)CC1. The van der Waals surface area contributed by atoms with Gasteiger partial charge in [-0.1, -0.05) is 0 Å². The molecule has 1 aromatic rings. The average molecular weight is 343 g/mol. The molecule has 1 aromatic heterocycles. The molecule has 8 heteroatoms. The molecule has 0 aromatic carbocycles. The van der Waals surface area contributed by atoms with Crippen LogP contribution in [0.15, 0.2) is 12.4 Å². The van der Waals surface area contributed by atoms with Crippen LogP contribution in [-0.2, 0) is 5.54 Å². The highest BCUT2D eigenvalue weighted by Crippen LogP contribution is 2.36. The molecule has 4 N–H and O–H groups in total. The van der Waals surface area contributed by atoms with Gasteiger partial charge in [0.1, 0.15) is 5.82 Å². The Balaban J connectivity index is 1.63. The molecule has 0 unspecified atom stereocenters. The molecule has 1 aliphatic carbocycles. The summed E-state index contributed by atoms with van der Waals surface area (Å²) in [6.45, 7) is 0.696. The summed E-state index contributed by atoms with van der Waals surface area (Å²) in [5.74, 6) is -0.588. The van der Waals surface area contributed by atoms with Gasteiger partial charge in [0, 0.05) is 19.1 Å². The zero-order chi connectivity index (χ0) is 17.4. The largest absolute Gasteiger partial charge is 0.391 e. The van der Waals surface area contributed by atoms with E-state index in [1.807, 2.05) is 4.90 Å². The highest BCUT2D eigenvalue weighted by Gasteiger charge is 2.41. The van der Waals surface area contributed by atoms with Crippen molar-refractivity contribution in [3.05, 3.63) is 18.1 Å². The third kappa shape index (κ3) is 3.64. The van der Waals surface area contributed by atoms with E-state index in [-0.39, 0.29) is 18.9 Å². The lowest BCUT2D eigenvalue weighted by atomic mass is 9.78. The standard InChI is InChI=1S/C16H24F3N5/c17-16(18,19)11-3-7-24(8-4-11)14-10-22-13(9-23-14)15(21)5-1-12(20)2-6-15/h9-12H,1-8,20-21H2. The van der Waals surface area contributed by atoms with E-state index in [0.29, 0.717) is 18.9 Å². The maximum Gasteiger partial charge on any atom is 0.391 e. The number of nitrogens with two attached hydrogens (primary N) is 2. The number of halogens is 3. The minimum absolute atomic E-state index is 0.103. The van der Waals surface area contributed by atoms with Crippen LogP contribution in [0.4, 0.5) is 19.0 Å². The molecule has 134 valence electrons. The lowest BCUT2D eigenvalue weighted by Crippen LogP contribution is -2.44. The van der Waals surface area contributed by atoms with Gasteiger partial charge in [0.25, 0.3) is 0 Å². The van der Waals surface area contributed by atoms with Gasteiger partial charge in [-0.2, -0.15) is 13.2 Å². The summed E-state index contributed by atoms with van der Waals surface area (Å²) < 4.78 is 38.2. The number of anilines is 1. The van der Waals surface area contributed by atoms with Crippen LogP contribution in [0.1, 0.15) is 44.2 Å². The first-order valence-electron chi connectivity index (χ1n) is 8.46. The molecule has 24 heavy (non-hydrogen) atoms. The van der Waals surface area contributed by atoms with Crippen molar-refractivity contribution in [3.8, 4) is 0 Å². The van der Waals surface area contributed by atoms with Gasteiger partial charge in [-0.15, -0.1) is 0 Å². The summed E-state index contributed by atoms with van der Waals surface area (Å²) >= 11 is 0. The topological polar surface area (TPSA) is 81.1 Å². The van der Waals surface area contributed by atoms with Gasteiger partial charge in [-0.3, -0.25) is 4.98 Å². The average Bonchev–Trinajstić information content (AvgIpc) is 2.57. The van der Waals surface area contributed by atoms with E-state index >= 15 is 0 Å². The fraction of sp³-hybridized carbons (Fsp3) is 0.750. The molecule has 2 heterocycles. The lowest BCUT2D eigenvalue weighted by Gasteiger charge is -2.36. The highest BCUT2D eigenvalue weighted by molar-refractivity contribution is 5.37. The minimum atomic E-state index is -4.10. The van der Waals surface area contributed by atoms with E-state index in [0.717, 1.165) is 31.4 Å². The first kappa shape index (κ1) is 17.4. The quantitative estimate of drug-likeness (QED) is 0.861. The van der Waals surface area contributed by atoms with E-state index in [1.54, 1.807) is 12.4 Å². The van der Waals surface area contributed by atoms with Crippen molar-refractivity contribution in [1.29, 1.82) is 0 Å². The Morgan fingerprint density at radius 3 is 2.17 bits per heavy atom. The predicted molar refractivity (Wildman–Crippen MR) is 85.3 cm³/mol. The number of nitrogens with zero attached hydrogens (tertiary/aromatic N) is 3. The number of alkyl halides is 3. The Morgan fingerprint density at radius 1 is 1.04 bits per heavy atom. The fourth-order valence-electron chi connectivity index (χ4n) is 3.59. The van der Waals surface area contributed by atoms with Crippen molar-refractivity contribution in [2.24, 2.45) is 17.4 Å². The summed E-state index contributed by atoms with van der Waals surface area (Å²) in [5.41, 5.74) is 12.6. The van der Waals surface area contributed by atoms with Crippen LogP contribution in [0.25, 0.3) is 0 Å². The summed E-state index contributed by atoms with van der Waals surface area (Å²) in [6, 6.07) is 0.198. The van der Waals surface area contributed by atoms with Gasteiger partial charge in [-0.05, 0) is 38.5 Å². The summed E-state index contributed by atoms with van der Waals surface area (Å²) in [6.07, 6.45) is 2.69. The molecule has 2 aliphatic rings. The second-order valence-electron chi connectivity index (χ2n) is 7.06. The van der Waals surface area contributed by atoms with E-state index < -0.39 is 17.6 Å². The maximum absolute atomic E-state index is 12.7. The lowest BCUT2D eigenvalue weighted by molar-refractivity contribution is -0.179. The van der Waals surface area contributed by atoms with Crippen molar-refractivity contribution in [1.82, 2.24) is 9.97 Å². The number of piperidine rings is 1. The Hall–Kier alpha value is -1.41. The molecule has 1 aliphatic heterocycles. The summed E-state index contributed by atoms with van der Waals surface area (Å²) in [7, 11) is 0. The zero-order valence-electron chi connectivity index (χ0n) is 13.6. The Morgan fingerprint density at radius 2 is 1.67 bits per heavy atom. The van der Waals surface area contributed by atoms with Crippen LogP contribution < -0.4 is 16.4 Å². The zero-order valence-corrected chi connectivity index (χ0v) is 13.6. The second kappa shape index (κ2) is 6.48. The molecule has 1 saturated carbocycles. The number of rotatable bonds is 2. The van der Waals surface area contributed by atoms with Crippen LogP contribution >= 0.6 is 0 Å². The minimum Gasteiger partial charge on any atom is -0.355 e. The monoisotopic (exact) mass is 343 g/mol. The normalized spacial score (nSPS) is 29.7. The molecule has 0 bridgehead atoms. The molecular weight excluding hydrogens is 319 g/mol. The van der Waals surface area contributed by atoms with E-state index in [4.69, 9.17) is 11.5 Å².